The van der Waals surface area contributed by atoms with E-state index >= 15 is 0 Å². The molecule has 0 saturated heterocycles. The quantitative estimate of drug-likeness (QED) is 0.255. The molecule has 6 rings (SSSR count). The van der Waals surface area contributed by atoms with E-state index in [9.17, 15) is 4.79 Å². The van der Waals surface area contributed by atoms with Crippen molar-refractivity contribution in [2.45, 2.75) is 36.6 Å². The van der Waals surface area contributed by atoms with Gasteiger partial charge in [-0.05, 0) is 61.1 Å². The number of aryl methyl sites for hydroxylation is 2. The van der Waals surface area contributed by atoms with Gasteiger partial charge in [-0.2, -0.15) is 0 Å². The van der Waals surface area contributed by atoms with Gasteiger partial charge in [-0.15, -0.1) is 21.5 Å². The lowest BCUT2D eigenvalue weighted by Gasteiger charge is -2.12. The molecule has 0 atom stereocenters. The Labute approximate surface area is 208 Å². The Morgan fingerprint density at radius 1 is 0.970 bits per heavy atom. The van der Waals surface area contributed by atoms with Crippen molar-refractivity contribution in [3.8, 4) is 5.69 Å². The van der Waals surface area contributed by atoms with Crippen molar-refractivity contribution in [3.05, 3.63) is 84.9 Å². The second-order valence-corrected chi connectivity index (χ2v) is 10.8. The molecule has 0 radical (unpaired) electrons. The predicted octanol–water partition coefficient (Wildman–Crippen LogP) is 6.57. The Morgan fingerprint density at radius 2 is 1.73 bits per heavy atom. The summed E-state index contributed by atoms with van der Waals surface area (Å²) in [7, 11) is 0. The number of thioether (sulfide) groups is 1. The standard InChI is InChI=1S/C24H18Cl2N4OS2/c25-17-10-6-11-18(26)16(17)13-32-24-28-27-23-29(14-7-2-1-3-8-14)21(31)20-15-9-4-5-12-19(15)33-22(20)30(23)24/h1-3,6-8,10-11H,4-5,9,12-13H2. The molecule has 9 heteroatoms. The van der Waals surface area contributed by atoms with Crippen LogP contribution in [0.25, 0.3) is 21.7 Å². The lowest BCUT2D eigenvalue weighted by molar-refractivity contribution is 0.699. The lowest BCUT2D eigenvalue weighted by atomic mass is 9.97. The van der Waals surface area contributed by atoms with Gasteiger partial charge >= 0.3 is 0 Å². The van der Waals surface area contributed by atoms with Gasteiger partial charge in [-0.3, -0.25) is 4.79 Å². The maximum Gasteiger partial charge on any atom is 0.268 e. The van der Waals surface area contributed by atoms with E-state index in [2.05, 4.69) is 10.2 Å². The van der Waals surface area contributed by atoms with Crippen LogP contribution in [-0.4, -0.2) is 19.2 Å². The Hall–Kier alpha value is -2.32. The van der Waals surface area contributed by atoms with Gasteiger partial charge in [0.05, 0.1) is 11.1 Å². The monoisotopic (exact) mass is 512 g/mol. The SMILES string of the molecule is O=c1c2c3c(sc2n2c(SCc4c(Cl)cccc4Cl)nnc2n1-c1ccccc1)CCCC3. The van der Waals surface area contributed by atoms with E-state index in [0.29, 0.717) is 26.7 Å². The van der Waals surface area contributed by atoms with Crippen LogP contribution in [0.5, 0.6) is 0 Å². The maximum absolute atomic E-state index is 13.8. The highest BCUT2D eigenvalue weighted by molar-refractivity contribution is 7.98. The smallest absolute Gasteiger partial charge is 0.268 e. The van der Waals surface area contributed by atoms with Crippen molar-refractivity contribution >= 4 is 62.3 Å². The van der Waals surface area contributed by atoms with Crippen LogP contribution in [0, 0.1) is 0 Å². The third kappa shape index (κ3) is 3.49. The second-order valence-electron chi connectivity index (χ2n) is 7.97. The maximum atomic E-state index is 13.8. The zero-order chi connectivity index (χ0) is 22.5. The fourth-order valence-corrected chi connectivity index (χ4v) is 7.54. The molecular formula is C24H18Cl2N4OS2. The van der Waals surface area contributed by atoms with Crippen LogP contribution >= 0.6 is 46.3 Å². The van der Waals surface area contributed by atoms with Crippen LogP contribution in [0.1, 0.15) is 28.8 Å². The number of hydrogen-bond donors (Lipinski definition) is 0. The van der Waals surface area contributed by atoms with Crippen molar-refractivity contribution in [3.63, 3.8) is 0 Å². The first-order valence-electron chi connectivity index (χ1n) is 10.7. The average molecular weight is 513 g/mol. The zero-order valence-corrected chi connectivity index (χ0v) is 20.6. The first-order chi connectivity index (χ1) is 16.1. The van der Waals surface area contributed by atoms with Crippen molar-refractivity contribution < 1.29 is 0 Å². The topological polar surface area (TPSA) is 52.2 Å². The molecule has 0 amide bonds. The minimum atomic E-state index is -0.0267. The number of rotatable bonds is 4. The molecule has 0 N–H and O–H groups in total. The number of halogens is 2. The van der Waals surface area contributed by atoms with Gasteiger partial charge in [0.2, 0.25) is 5.78 Å². The summed E-state index contributed by atoms with van der Waals surface area (Å²) in [5, 5.41) is 11.7. The molecule has 0 unspecified atom stereocenters. The molecule has 1 aliphatic rings. The number of para-hydroxylation sites is 1. The first kappa shape index (κ1) is 21.2. The van der Waals surface area contributed by atoms with Crippen molar-refractivity contribution in [1.82, 2.24) is 19.2 Å². The normalized spacial score (nSPS) is 13.6. The number of nitrogens with zero attached hydrogens (tertiary/aromatic N) is 4. The molecule has 1 aliphatic carbocycles. The molecule has 2 aromatic carbocycles. The fourth-order valence-electron chi connectivity index (χ4n) is 4.43. The van der Waals surface area contributed by atoms with Gasteiger partial charge in [-0.25, -0.2) is 8.97 Å². The summed E-state index contributed by atoms with van der Waals surface area (Å²) in [6.45, 7) is 0. The molecule has 33 heavy (non-hydrogen) atoms. The Morgan fingerprint density at radius 3 is 2.52 bits per heavy atom. The lowest BCUT2D eigenvalue weighted by Crippen LogP contribution is -2.22. The first-order valence-corrected chi connectivity index (χ1v) is 13.2. The highest BCUT2D eigenvalue weighted by Crippen LogP contribution is 2.38. The number of aromatic nitrogens is 4. The van der Waals surface area contributed by atoms with E-state index in [1.807, 2.05) is 52.9 Å². The Kier molecular flexibility index (Phi) is 5.45. The highest BCUT2D eigenvalue weighted by Gasteiger charge is 2.25. The van der Waals surface area contributed by atoms with Crippen LogP contribution in [-0.2, 0) is 18.6 Å². The third-order valence-electron chi connectivity index (χ3n) is 6.01. The molecule has 5 aromatic rings. The van der Waals surface area contributed by atoms with Crippen LogP contribution in [0.15, 0.2) is 58.5 Å². The van der Waals surface area contributed by atoms with Crippen LogP contribution in [0.3, 0.4) is 0 Å². The van der Waals surface area contributed by atoms with Crippen LogP contribution < -0.4 is 5.56 Å². The summed E-state index contributed by atoms with van der Waals surface area (Å²) in [4.78, 5) is 16.0. The van der Waals surface area contributed by atoms with E-state index in [4.69, 9.17) is 23.2 Å². The summed E-state index contributed by atoms with van der Waals surface area (Å²) in [5.41, 5.74) is 2.81. The van der Waals surface area contributed by atoms with Crippen LogP contribution in [0.4, 0.5) is 0 Å². The number of hydrogen-bond acceptors (Lipinski definition) is 5. The summed E-state index contributed by atoms with van der Waals surface area (Å²) in [6.07, 6.45) is 4.21. The highest BCUT2D eigenvalue weighted by atomic mass is 35.5. The second kappa shape index (κ2) is 8.47. The predicted molar refractivity (Wildman–Crippen MR) is 137 cm³/mol. The minimum Gasteiger partial charge on any atom is -0.268 e. The summed E-state index contributed by atoms with van der Waals surface area (Å²) >= 11 is 16.0. The summed E-state index contributed by atoms with van der Waals surface area (Å²) in [6, 6.07) is 15.2. The average Bonchev–Trinajstić information content (AvgIpc) is 3.41. The number of thiophene rings is 1. The van der Waals surface area contributed by atoms with Crippen molar-refractivity contribution in [2.75, 3.05) is 0 Å². The molecule has 3 aromatic heterocycles. The van der Waals surface area contributed by atoms with E-state index in [0.717, 1.165) is 47.2 Å². The largest absolute Gasteiger partial charge is 0.268 e. The molecule has 0 saturated carbocycles. The molecule has 3 heterocycles. The Balaban J connectivity index is 1.60. The molecular weight excluding hydrogens is 495 g/mol. The van der Waals surface area contributed by atoms with Gasteiger partial charge in [-0.1, -0.05) is 59.2 Å². The third-order valence-corrected chi connectivity index (χ3v) is 8.95. The Bertz CT molecular complexity index is 1550. The van der Waals surface area contributed by atoms with E-state index in [-0.39, 0.29) is 5.56 Å². The molecule has 0 spiro atoms. The molecule has 0 fully saturated rings. The summed E-state index contributed by atoms with van der Waals surface area (Å²) in [5.74, 6) is 1.07. The van der Waals surface area contributed by atoms with Gasteiger partial charge in [0.1, 0.15) is 4.83 Å². The molecule has 5 nitrogen and oxygen atoms in total. The molecule has 166 valence electrons. The van der Waals surface area contributed by atoms with Gasteiger partial charge < -0.3 is 0 Å². The minimum absolute atomic E-state index is 0.0267. The zero-order valence-electron chi connectivity index (χ0n) is 17.4. The van der Waals surface area contributed by atoms with Crippen molar-refractivity contribution in [2.24, 2.45) is 0 Å². The molecule has 0 aliphatic heterocycles. The van der Waals surface area contributed by atoms with Gasteiger partial charge in [0.25, 0.3) is 5.56 Å². The summed E-state index contributed by atoms with van der Waals surface area (Å²) < 4.78 is 3.71. The molecule has 0 bridgehead atoms. The van der Waals surface area contributed by atoms with E-state index in [1.165, 1.54) is 22.2 Å². The van der Waals surface area contributed by atoms with E-state index in [1.54, 1.807) is 15.9 Å². The number of fused-ring (bicyclic) bond motifs is 5. The van der Waals surface area contributed by atoms with Crippen LogP contribution in [0.2, 0.25) is 10.0 Å². The van der Waals surface area contributed by atoms with Crippen molar-refractivity contribution in [1.29, 1.82) is 0 Å². The van der Waals surface area contributed by atoms with Gasteiger partial charge in [0, 0.05) is 20.7 Å². The van der Waals surface area contributed by atoms with E-state index < -0.39 is 0 Å². The number of benzene rings is 2. The van der Waals surface area contributed by atoms with Gasteiger partial charge in [0.15, 0.2) is 5.16 Å². The fraction of sp³-hybridized carbons (Fsp3) is 0.208.